The Bertz CT molecular complexity index is 480. The standard InChI is InChI=1S/C18H30N2OS/c1-18(2,13-20(3)4)12-19-17(21)16-11-14-9-7-5-6-8-10-15(14)22-16/h11H,5-10,12-13H2,1-4H3,(H,19,21). The minimum absolute atomic E-state index is 0.0883. The van der Waals surface area contributed by atoms with Crippen LogP contribution in [0, 0.1) is 5.41 Å². The third kappa shape index (κ3) is 5.10. The Balaban J connectivity index is 1.96. The Kier molecular flexibility index (Phi) is 6.04. The molecule has 1 heterocycles. The molecule has 0 saturated heterocycles. The summed E-state index contributed by atoms with van der Waals surface area (Å²) in [6.45, 7) is 6.07. The molecule has 0 unspecified atom stereocenters. The molecule has 22 heavy (non-hydrogen) atoms. The first kappa shape index (κ1) is 17.5. The molecule has 0 fully saturated rings. The fourth-order valence-electron chi connectivity index (χ4n) is 3.27. The minimum Gasteiger partial charge on any atom is -0.351 e. The molecule has 3 nitrogen and oxygen atoms in total. The first-order valence-electron chi connectivity index (χ1n) is 8.42. The van der Waals surface area contributed by atoms with E-state index in [0.29, 0.717) is 6.54 Å². The van der Waals surface area contributed by atoms with Crippen LogP contribution in [-0.4, -0.2) is 38.0 Å². The average Bonchev–Trinajstić information content (AvgIpc) is 2.77. The van der Waals surface area contributed by atoms with Crippen LogP contribution in [0.4, 0.5) is 0 Å². The maximum Gasteiger partial charge on any atom is 0.261 e. The summed E-state index contributed by atoms with van der Waals surface area (Å²) in [5.74, 6) is 0.101. The Morgan fingerprint density at radius 3 is 2.59 bits per heavy atom. The van der Waals surface area contributed by atoms with Crippen molar-refractivity contribution in [2.24, 2.45) is 5.41 Å². The van der Waals surface area contributed by atoms with E-state index in [1.54, 1.807) is 11.3 Å². The molecular weight excluding hydrogens is 292 g/mol. The number of fused-ring (bicyclic) bond motifs is 1. The van der Waals surface area contributed by atoms with Crippen LogP contribution in [0.2, 0.25) is 0 Å². The Labute approximate surface area is 139 Å². The van der Waals surface area contributed by atoms with E-state index in [1.165, 1.54) is 36.1 Å². The quantitative estimate of drug-likeness (QED) is 0.896. The summed E-state index contributed by atoms with van der Waals surface area (Å²) in [5, 5.41) is 3.13. The maximum atomic E-state index is 12.5. The highest BCUT2D eigenvalue weighted by molar-refractivity contribution is 7.14. The van der Waals surface area contributed by atoms with Crippen LogP contribution in [0.1, 0.15) is 59.6 Å². The fourth-order valence-corrected chi connectivity index (χ4v) is 4.44. The van der Waals surface area contributed by atoms with Gasteiger partial charge in [0.1, 0.15) is 0 Å². The topological polar surface area (TPSA) is 32.3 Å². The molecule has 0 spiro atoms. The van der Waals surface area contributed by atoms with Gasteiger partial charge in [-0.2, -0.15) is 0 Å². The minimum atomic E-state index is 0.0883. The summed E-state index contributed by atoms with van der Waals surface area (Å²) in [6, 6.07) is 2.14. The van der Waals surface area contributed by atoms with Gasteiger partial charge in [0.05, 0.1) is 4.88 Å². The average molecular weight is 323 g/mol. The van der Waals surface area contributed by atoms with Crippen molar-refractivity contribution in [1.82, 2.24) is 10.2 Å². The van der Waals surface area contributed by atoms with Crippen molar-refractivity contribution in [2.75, 3.05) is 27.2 Å². The number of carbonyl (C=O) groups is 1. The molecule has 1 aliphatic rings. The summed E-state index contributed by atoms with van der Waals surface area (Å²) in [5.41, 5.74) is 1.51. The van der Waals surface area contributed by atoms with Crippen LogP contribution < -0.4 is 5.32 Å². The number of hydrogen-bond donors (Lipinski definition) is 1. The number of carbonyl (C=O) groups excluding carboxylic acids is 1. The molecule has 1 aromatic heterocycles. The van der Waals surface area contributed by atoms with E-state index < -0.39 is 0 Å². The van der Waals surface area contributed by atoms with Gasteiger partial charge in [-0.3, -0.25) is 4.79 Å². The van der Waals surface area contributed by atoms with Gasteiger partial charge >= 0.3 is 0 Å². The van der Waals surface area contributed by atoms with Crippen molar-refractivity contribution in [3.63, 3.8) is 0 Å². The number of hydrogen-bond acceptors (Lipinski definition) is 3. The van der Waals surface area contributed by atoms with Crippen molar-refractivity contribution in [2.45, 2.75) is 52.4 Å². The summed E-state index contributed by atoms with van der Waals surface area (Å²) < 4.78 is 0. The molecule has 1 aromatic rings. The van der Waals surface area contributed by atoms with Gasteiger partial charge in [-0.25, -0.2) is 0 Å². The van der Waals surface area contributed by atoms with Crippen molar-refractivity contribution in [3.8, 4) is 0 Å². The number of thiophene rings is 1. The maximum absolute atomic E-state index is 12.5. The zero-order valence-corrected chi connectivity index (χ0v) is 15.3. The van der Waals surface area contributed by atoms with Gasteiger partial charge in [-0.05, 0) is 56.8 Å². The molecule has 0 radical (unpaired) electrons. The second-order valence-corrected chi connectivity index (χ2v) is 8.69. The first-order valence-corrected chi connectivity index (χ1v) is 9.23. The molecular formula is C18H30N2OS. The molecule has 2 rings (SSSR count). The van der Waals surface area contributed by atoms with Gasteiger partial charge < -0.3 is 10.2 Å². The van der Waals surface area contributed by atoms with Gasteiger partial charge in [0.25, 0.3) is 5.91 Å². The van der Waals surface area contributed by atoms with E-state index in [4.69, 9.17) is 0 Å². The molecule has 1 amide bonds. The molecule has 0 saturated carbocycles. The first-order chi connectivity index (χ1) is 10.4. The van der Waals surface area contributed by atoms with Gasteiger partial charge in [0.2, 0.25) is 0 Å². The van der Waals surface area contributed by atoms with E-state index in [1.807, 2.05) is 0 Å². The normalized spacial score (nSPS) is 16.0. The lowest BCUT2D eigenvalue weighted by molar-refractivity contribution is 0.0933. The number of amides is 1. The lowest BCUT2D eigenvalue weighted by Crippen LogP contribution is -2.39. The van der Waals surface area contributed by atoms with Gasteiger partial charge in [-0.15, -0.1) is 11.3 Å². The lowest BCUT2D eigenvalue weighted by atomic mass is 9.93. The van der Waals surface area contributed by atoms with Crippen LogP contribution >= 0.6 is 11.3 Å². The number of rotatable bonds is 5. The van der Waals surface area contributed by atoms with E-state index in [0.717, 1.165) is 24.3 Å². The van der Waals surface area contributed by atoms with Crippen LogP contribution in [-0.2, 0) is 12.8 Å². The molecule has 0 atom stereocenters. The Morgan fingerprint density at radius 2 is 1.91 bits per heavy atom. The van der Waals surface area contributed by atoms with Gasteiger partial charge in [-0.1, -0.05) is 26.7 Å². The van der Waals surface area contributed by atoms with E-state index >= 15 is 0 Å². The molecule has 0 aromatic carbocycles. The van der Waals surface area contributed by atoms with Crippen molar-refractivity contribution < 1.29 is 4.79 Å². The highest BCUT2D eigenvalue weighted by Gasteiger charge is 2.21. The molecule has 0 aliphatic heterocycles. The van der Waals surface area contributed by atoms with Gasteiger partial charge in [0.15, 0.2) is 0 Å². The predicted octanol–water partition coefficient (Wildman–Crippen LogP) is 3.72. The summed E-state index contributed by atoms with van der Waals surface area (Å²) >= 11 is 1.71. The van der Waals surface area contributed by atoms with E-state index in [-0.39, 0.29) is 11.3 Å². The van der Waals surface area contributed by atoms with E-state index in [2.05, 4.69) is 44.2 Å². The highest BCUT2D eigenvalue weighted by atomic mass is 32.1. The number of nitrogens with one attached hydrogen (secondary N) is 1. The van der Waals surface area contributed by atoms with Crippen LogP contribution in [0.25, 0.3) is 0 Å². The third-order valence-electron chi connectivity index (χ3n) is 4.19. The molecule has 1 N–H and O–H groups in total. The zero-order valence-electron chi connectivity index (χ0n) is 14.5. The van der Waals surface area contributed by atoms with Gasteiger partial charge in [0, 0.05) is 18.0 Å². The van der Waals surface area contributed by atoms with Crippen LogP contribution in [0.5, 0.6) is 0 Å². The largest absolute Gasteiger partial charge is 0.351 e. The monoisotopic (exact) mass is 322 g/mol. The van der Waals surface area contributed by atoms with Crippen LogP contribution in [0.3, 0.4) is 0 Å². The van der Waals surface area contributed by atoms with Crippen molar-refractivity contribution in [3.05, 3.63) is 21.4 Å². The predicted molar refractivity (Wildman–Crippen MR) is 94.9 cm³/mol. The number of aryl methyl sites for hydroxylation is 2. The Morgan fingerprint density at radius 1 is 1.23 bits per heavy atom. The Hall–Kier alpha value is -0.870. The summed E-state index contributed by atoms with van der Waals surface area (Å²) in [7, 11) is 4.14. The lowest BCUT2D eigenvalue weighted by Gasteiger charge is -2.28. The molecule has 4 heteroatoms. The highest BCUT2D eigenvalue weighted by Crippen LogP contribution is 2.28. The molecule has 1 aliphatic carbocycles. The third-order valence-corrected chi connectivity index (χ3v) is 5.43. The number of nitrogens with zero attached hydrogens (tertiary/aromatic N) is 1. The van der Waals surface area contributed by atoms with Crippen molar-refractivity contribution >= 4 is 17.2 Å². The second kappa shape index (κ2) is 7.60. The van der Waals surface area contributed by atoms with Crippen LogP contribution in [0.15, 0.2) is 6.07 Å². The zero-order chi connectivity index (χ0) is 16.2. The summed E-state index contributed by atoms with van der Waals surface area (Å²) in [4.78, 5) is 17.0. The smallest absolute Gasteiger partial charge is 0.261 e. The second-order valence-electron chi connectivity index (χ2n) is 7.56. The summed E-state index contributed by atoms with van der Waals surface area (Å²) in [6.07, 6.45) is 7.49. The SMILES string of the molecule is CN(C)CC(C)(C)CNC(=O)c1cc2c(s1)CCCCCC2. The fraction of sp³-hybridized carbons (Fsp3) is 0.722. The van der Waals surface area contributed by atoms with Crippen molar-refractivity contribution in [1.29, 1.82) is 0 Å². The van der Waals surface area contributed by atoms with E-state index in [9.17, 15) is 4.79 Å². The molecule has 124 valence electrons. The molecule has 0 bridgehead atoms.